The molecule has 1 aliphatic heterocycles. The minimum absolute atomic E-state index is 0.0548. The number of benzene rings is 1. The van der Waals surface area contributed by atoms with Crippen LogP contribution in [0.25, 0.3) is 0 Å². The minimum Gasteiger partial charge on any atom is -0.361 e. The first-order valence-corrected chi connectivity index (χ1v) is 9.95. The molecule has 0 aliphatic carbocycles. The lowest BCUT2D eigenvalue weighted by Crippen LogP contribution is -2.42. The smallest absolute Gasteiger partial charge is 0.241 e. The fourth-order valence-electron chi connectivity index (χ4n) is 2.84. The molecule has 26 heavy (non-hydrogen) atoms. The molecule has 140 valence electrons. The molecular formula is C18H23N3O4S. The zero-order valence-corrected chi connectivity index (χ0v) is 16.0. The first-order valence-electron chi connectivity index (χ1n) is 8.47. The Bertz CT molecular complexity index is 895. The van der Waals surface area contributed by atoms with Gasteiger partial charge in [0.15, 0.2) is 0 Å². The number of sulfonamides is 1. The third-order valence-corrected chi connectivity index (χ3v) is 5.91. The van der Waals surface area contributed by atoms with Gasteiger partial charge in [-0.1, -0.05) is 38.1 Å². The van der Waals surface area contributed by atoms with Crippen molar-refractivity contribution >= 4 is 15.9 Å². The van der Waals surface area contributed by atoms with Gasteiger partial charge in [0.25, 0.3) is 0 Å². The van der Waals surface area contributed by atoms with Gasteiger partial charge in [0.2, 0.25) is 15.9 Å². The maximum atomic E-state index is 12.4. The molecule has 0 unspecified atom stereocenters. The van der Waals surface area contributed by atoms with Gasteiger partial charge < -0.3 is 9.42 Å². The van der Waals surface area contributed by atoms with Gasteiger partial charge in [0, 0.05) is 18.5 Å². The van der Waals surface area contributed by atoms with Crippen LogP contribution in [0.3, 0.4) is 0 Å². The Balaban J connectivity index is 1.62. The quantitative estimate of drug-likeness (QED) is 0.878. The van der Waals surface area contributed by atoms with E-state index in [-0.39, 0.29) is 22.8 Å². The van der Waals surface area contributed by atoms with Crippen LogP contribution in [-0.2, 0) is 33.2 Å². The summed E-state index contributed by atoms with van der Waals surface area (Å²) in [5.41, 5.74) is 1.86. The predicted octanol–water partition coefficient (Wildman–Crippen LogP) is 1.84. The lowest BCUT2D eigenvalue weighted by Gasteiger charge is -2.25. The molecule has 1 aromatic heterocycles. The summed E-state index contributed by atoms with van der Waals surface area (Å²) in [5, 5.41) is 3.72. The highest BCUT2D eigenvalue weighted by atomic mass is 32.2. The molecule has 0 atom stereocenters. The summed E-state index contributed by atoms with van der Waals surface area (Å²) >= 11 is 0. The summed E-state index contributed by atoms with van der Waals surface area (Å²) in [5.74, 6) is 0.514. The second-order valence-corrected chi connectivity index (χ2v) is 9.21. The summed E-state index contributed by atoms with van der Waals surface area (Å²) < 4.78 is 32.3. The van der Waals surface area contributed by atoms with Gasteiger partial charge in [0.05, 0.1) is 24.2 Å². The second kappa shape index (κ2) is 6.85. The van der Waals surface area contributed by atoms with Crippen molar-refractivity contribution in [3.63, 3.8) is 0 Å². The fourth-order valence-corrected chi connectivity index (χ4v) is 3.81. The first kappa shape index (κ1) is 18.6. The lowest BCUT2D eigenvalue weighted by atomic mass is 9.87. The van der Waals surface area contributed by atoms with Gasteiger partial charge in [-0.2, -0.15) is 0 Å². The van der Waals surface area contributed by atoms with Crippen molar-refractivity contribution in [2.45, 2.75) is 44.0 Å². The molecule has 1 amide bonds. The summed E-state index contributed by atoms with van der Waals surface area (Å²) in [6.07, 6.45) is 2.18. The van der Waals surface area contributed by atoms with E-state index in [4.69, 9.17) is 4.52 Å². The largest absolute Gasteiger partial charge is 0.361 e. The van der Waals surface area contributed by atoms with Crippen LogP contribution in [0.4, 0.5) is 0 Å². The average Bonchev–Trinajstić information content (AvgIpc) is 3.07. The number of fused-ring (bicyclic) bond motifs is 1. The van der Waals surface area contributed by atoms with Crippen LogP contribution in [0.1, 0.15) is 37.7 Å². The number of nitrogens with one attached hydrogen (secondary N) is 1. The molecule has 7 nitrogen and oxygen atoms in total. The van der Waals surface area contributed by atoms with Crippen LogP contribution in [0.15, 0.2) is 39.9 Å². The van der Waals surface area contributed by atoms with Crippen molar-refractivity contribution in [2.75, 3.05) is 13.1 Å². The van der Waals surface area contributed by atoms with E-state index in [0.717, 1.165) is 16.9 Å². The van der Waals surface area contributed by atoms with E-state index in [9.17, 15) is 13.2 Å². The maximum Gasteiger partial charge on any atom is 0.241 e. The molecule has 2 aromatic rings. The van der Waals surface area contributed by atoms with Crippen LogP contribution >= 0.6 is 0 Å². The number of nitrogens with zero attached hydrogens (tertiary/aromatic N) is 2. The zero-order chi connectivity index (χ0) is 18.9. The zero-order valence-electron chi connectivity index (χ0n) is 15.2. The number of rotatable bonds is 4. The molecule has 0 spiro atoms. The Morgan fingerprint density at radius 3 is 2.62 bits per heavy atom. The summed E-state index contributed by atoms with van der Waals surface area (Å²) in [6, 6.07) is 6.73. The number of hydrogen-bond donors (Lipinski definition) is 1. The van der Waals surface area contributed by atoms with Crippen molar-refractivity contribution < 1.29 is 17.7 Å². The van der Waals surface area contributed by atoms with Crippen molar-refractivity contribution in [1.29, 1.82) is 0 Å². The average molecular weight is 377 g/mol. The standard InChI is InChI=1S/C18H23N3O4S/c1-18(2,3)14-4-6-15(7-5-14)26(23,24)20-11-17(22)21-9-8-16-13(12-21)10-19-25-16/h4-7,10,20H,8-9,11-12H2,1-3H3. The Morgan fingerprint density at radius 1 is 1.27 bits per heavy atom. The number of carbonyl (C=O) groups excluding carboxylic acids is 1. The molecule has 1 aromatic carbocycles. The number of hydrogen-bond acceptors (Lipinski definition) is 5. The highest BCUT2D eigenvalue weighted by molar-refractivity contribution is 7.89. The van der Waals surface area contributed by atoms with Crippen molar-refractivity contribution in [3.8, 4) is 0 Å². The van der Waals surface area contributed by atoms with E-state index in [1.165, 1.54) is 0 Å². The normalized spacial score (nSPS) is 15.0. The Kier molecular flexibility index (Phi) is 4.90. The van der Waals surface area contributed by atoms with Crippen molar-refractivity contribution in [2.24, 2.45) is 0 Å². The van der Waals surface area contributed by atoms with Crippen LogP contribution in [-0.4, -0.2) is 37.5 Å². The Morgan fingerprint density at radius 2 is 1.96 bits per heavy atom. The number of carbonyl (C=O) groups is 1. The summed E-state index contributed by atoms with van der Waals surface area (Å²) in [7, 11) is -3.73. The van der Waals surface area contributed by atoms with E-state index < -0.39 is 10.0 Å². The fraction of sp³-hybridized carbons (Fsp3) is 0.444. The molecular weight excluding hydrogens is 354 g/mol. The topological polar surface area (TPSA) is 92.5 Å². The Hall–Kier alpha value is -2.19. The van der Waals surface area contributed by atoms with Gasteiger partial charge in [-0.3, -0.25) is 4.79 Å². The lowest BCUT2D eigenvalue weighted by molar-refractivity contribution is -0.130. The molecule has 3 rings (SSSR count). The van der Waals surface area contributed by atoms with Gasteiger partial charge in [0.1, 0.15) is 5.76 Å². The third-order valence-electron chi connectivity index (χ3n) is 4.50. The molecule has 0 saturated carbocycles. The van der Waals surface area contributed by atoms with E-state index >= 15 is 0 Å². The van der Waals surface area contributed by atoms with E-state index in [2.05, 4.69) is 30.6 Å². The predicted molar refractivity (Wildman–Crippen MR) is 96.0 cm³/mol. The summed E-state index contributed by atoms with van der Waals surface area (Å²) in [4.78, 5) is 14.1. The molecule has 1 aliphatic rings. The highest BCUT2D eigenvalue weighted by Gasteiger charge is 2.25. The van der Waals surface area contributed by atoms with Gasteiger partial charge >= 0.3 is 0 Å². The van der Waals surface area contributed by atoms with E-state index in [1.807, 2.05) is 0 Å². The summed E-state index contributed by atoms with van der Waals surface area (Å²) in [6.45, 7) is 6.79. The maximum absolute atomic E-state index is 12.4. The Labute approximate surface area is 153 Å². The number of amides is 1. The molecule has 8 heteroatoms. The minimum atomic E-state index is -3.73. The molecule has 0 radical (unpaired) electrons. The first-order chi connectivity index (χ1) is 12.2. The monoisotopic (exact) mass is 377 g/mol. The van der Waals surface area contributed by atoms with E-state index in [0.29, 0.717) is 19.5 Å². The van der Waals surface area contributed by atoms with Crippen molar-refractivity contribution in [3.05, 3.63) is 47.3 Å². The molecule has 0 bridgehead atoms. The molecule has 1 N–H and O–H groups in total. The molecule has 2 heterocycles. The van der Waals surface area contributed by atoms with Crippen LogP contribution in [0, 0.1) is 0 Å². The highest BCUT2D eigenvalue weighted by Crippen LogP contribution is 2.23. The van der Waals surface area contributed by atoms with Crippen LogP contribution in [0.2, 0.25) is 0 Å². The third kappa shape index (κ3) is 3.96. The molecule has 0 saturated heterocycles. The van der Waals surface area contributed by atoms with E-state index in [1.54, 1.807) is 35.4 Å². The van der Waals surface area contributed by atoms with Gasteiger partial charge in [-0.05, 0) is 23.1 Å². The molecule has 0 fully saturated rings. The van der Waals surface area contributed by atoms with Gasteiger partial charge in [-0.25, -0.2) is 13.1 Å². The van der Waals surface area contributed by atoms with Crippen molar-refractivity contribution in [1.82, 2.24) is 14.8 Å². The van der Waals surface area contributed by atoms with Gasteiger partial charge in [-0.15, -0.1) is 0 Å². The van der Waals surface area contributed by atoms with Crippen LogP contribution in [0.5, 0.6) is 0 Å². The van der Waals surface area contributed by atoms with Crippen LogP contribution < -0.4 is 4.72 Å². The second-order valence-electron chi connectivity index (χ2n) is 7.44. The SMILES string of the molecule is CC(C)(C)c1ccc(S(=O)(=O)NCC(=O)N2CCc3oncc3C2)cc1. The number of aromatic nitrogens is 1.